The minimum absolute atomic E-state index is 0.445. The van der Waals surface area contributed by atoms with E-state index in [2.05, 4.69) is 5.32 Å². The Morgan fingerprint density at radius 1 is 1.07 bits per heavy atom. The molecule has 0 aliphatic heterocycles. The highest BCUT2D eigenvalue weighted by atomic mass is 35.5. The fourth-order valence-corrected chi connectivity index (χ4v) is 3.60. The number of hydrogen-bond donors (Lipinski definition) is 1. The van der Waals surface area contributed by atoms with Gasteiger partial charge in [0.05, 0.1) is 0 Å². The van der Waals surface area contributed by atoms with Crippen LogP contribution in [0.1, 0.15) is 51.4 Å². The van der Waals surface area contributed by atoms with Crippen LogP contribution in [0.3, 0.4) is 0 Å². The van der Waals surface area contributed by atoms with E-state index in [0.717, 1.165) is 18.3 Å². The second-order valence-corrected chi connectivity index (χ2v) is 5.89. The van der Waals surface area contributed by atoms with Gasteiger partial charge in [-0.15, -0.1) is 11.6 Å². The van der Waals surface area contributed by atoms with E-state index < -0.39 is 0 Å². The Kier molecular flexibility index (Phi) is 4.33. The van der Waals surface area contributed by atoms with Crippen LogP contribution in [0.15, 0.2) is 0 Å². The molecule has 0 aromatic rings. The molecule has 2 rings (SSSR count). The van der Waals surface area contributed by atoms with Crippen LogP contribution < -0.4 is 5.32 Å². The Morgan fingerprint density at radius 2 is 1.73 bits per heavy atom. The van der Waals surface area contributed by atoms with Crippen LogP contribution in [-0.4, -0.2) is 19.0 Å². The van der Waals surface area contributed by atoms with E-state index in [-0.39, 0.29) is 0 Å². The van der Waals surface area contributed by atoms with Crippen molar-refractivity contribution in [3.05, 3.63) is 0 Å². The molecule has 1 N–H and O–H groups in total. The van der Waals surface area contributed by atoms with Gasteiger partial charge in [-0.2, -0.15) is 0 Å². The third-order valence-electron chi connectivity index (χ3n) is 4.36. The van der Waals surface area contributed by atoms with Gasteiger partial charge < -0.3 is 5.32 Å². The van der Waals surface area contributed by atoms with Gasteiger partial charge in [-0.25, -0.2) is 0 Å². The maximum absolute atomic E-state index is 6.12. The normalized spacial score (nSPS) is 26.2. The van der Waals surface area contributed by atoms with Gasteiger partial charge in [0, 0.05) is 12.4 Å². The van der Waals surface area contributed by atoms with Crippen LogP contribution >= 0.6 is 11.6 Å². The number of rotatable bonds is 5. The first kappa shape index (κ1) is 11.7. The second kappa shape index (κ2) is 5.54. The van der Waals surface area contributed by atoms with Gasteiger partial charge >= 0.3 is 0 Å². The summed E-state index contributed by atoms with van der Waals surface area (Å²) < 4.78 is 0. The first-order chi connectivity index (χ1) is 7.35. The molecule has 0 bridgehead atoms. The number of hydrogen-bond acceptors (Lipinski definition) is 1. The molecule has 0 aromatic heterocycles. The Hall–Kier alpha value is 0.250. The predicted molar refractivity (Wildman–Crippen MR) is 66.4 cm³/mol. The molecular formula is C13H24ClN. The molecule has 15 heavy (non-hydrogen) atoms. The average molecular weight is 230 g/mol. The highest BCUT2D eigenvalue weighted by Gasteiger charge is 2.32. The highest BCUT2D eigenvalue weighted by molar-refractivity contribution is 6.18. The Bertz CT molecular complexity index is 181. The van der Waals surface area contributed by atoms with Crippen molar-refractivity contribution in [1.29, 1.82) is 0 Å². The van der Waals surface area contributed by atoms with Gasteiger partial charge in [0.25, 0.3) is 0 Å². The van der Waals surface area contributed by atoms with Crippen molar-refractivity contribution in [1.82, 2.24) is 5.32 Å². The summed E-state index contributed by atoms with van der Waals surface area (Å²) in [6.07, 6.45) is 11.2. The Labute approximate surface area is 99.0 Å². The Balaban J connectivity index is 1.67. The molecule has 2 aliphatic carbocycles. The minimum atomic E-state index is 0.445. The largest absolute Gasteiger partial charge is 0.316 e. The Morgan fingerprint density at radius 3 is 2.33 bits per heavy atom. The molecule has 1 nitrogen and oxygen atoms in total. The lowest BCUT2D eigenvalue weighted by Crippen LogP contribution is -2.35. The van der Waals surface area contributed by atoms with Crippen LogP contribution in [0.5, 0.6) is 0 Å². The van der Waals surface area contributed by atoms with Crippen LogP contribution in [0.4, 0.5) is 0 Å². The summed E-state index contributed by atoms with van der Waals surface area (Å²) in [5.41, 5.74) is 0.445. The molecule has 0 heterocycles. The fraction of sp³-hybridized carbons (Fsp3) is 1.00. The quantitative estimate of drug-likeness (QED) is 0.711. The topological polar surface area (TPSA) is 12.0 Å². The molecule has 88 valence electrons. The first-order valence-corrected chi connectivity index (χ1v) is 7.15. The lowest BCUT2D eigenvalue weighted by atomic mass is 9.88. The zero-order valence-corrected chi connectivity index (χ0v) is 10.5. The average Bonchev–Trinajstić information content (AvgIpc) is 2.89. The minimum Gasteiger partial charge on any atom is -0.316 e. The van der Waals surface area contributed by atoms with Gasteiger partial charge in [-0.05, 0) is 43.6 Å². The monoisotopic (exact) mass is 229 g/mol. The van der Waals surface area contributed by atoms with E-state index in [9.17, 15) is 0 Å². The maximum Gasteiger partial charge on any atom is 0.0292 e. The third-order valence-corrected chi connectivity index (χ3v) is 4.92. The molecule has 0 radical (unpaired) electrons. The summed E-state index contributed by atoms with van der Waals surface area (Å²) in [6.45, 7) is 2.39. The van der Waals surface area contributed by atoms with Gasteiger partial charge in [0.2, 0.25) is 0 Å². The summed E-state index contributed by atoms with van der Waals surface area (Å²) in [4.78, 5) is 0. The summed E-state index contributed by atoms with van der Waals surface area (Å²) in [5.74, 6) is 1.81. The molecule has 2 heteroatoms. The smallest absolute Gasteiger partial charge is 0.0292 e. The van der Waals surface area contributed by atoms with Gasteiger partial charge in [0.15, 0.2) is 0 Å². The van der Waals surface area contributed by atoms with Crippen LogP contribution in [-0.2, 0) is 0 Å². The summed E-state index contributed by atoms with van der Waals surface area (Å²) in [5, 5.41) is 3.68. The third kappa shape index (κ3) is 3.10. The van der Waals surface area contributed by atoms with Crippen molar-refractivity contribution < 1.29 is 0 Å². The number of nitrogens with one attached hydrogen (secondary N) is 1. The first-order valence-electron chi connectivity index (χ1n) is 6.61. The molecule has 2 saturated carbocycles. The lowest BCUT2D eigenvalue weighted by molar-refractivity contribution is 0.309. The standard InChI is InChI=1S/C13H24ClN/c14-10-13(7-3-4-8-13)11-15-9-12-5-1-2-6-12/h12,15H,1-11H2. The van der Waals surface area contributed by atoms with Gasteiger partial charge in [0.1, 0.15) is 0 Å². The van der Waals surface area contributed by atoms with Crippen molar-refractivity contribution in [2.24, 2.45) is 11.3 Å². The van der Waals surface area contributed by atoms with Gasteiger partial charge in [-0.1, -0.05) is 25.7 Å². The van der Waals surface area contributed by atoms with Crippen molar-refractivity contribution in [3.63, 3.8) is 0 Å². The van der Waals surface area contributed by atoms with E-state index >= 15 is 0 Å². The maximum atomic E-state index is 6.12. The van der Waals surface area contributed by atoms with E-state index in [0.29, 0.717) is 5.41 Å². The summed E-state index contributed by atoms with van der Waals surface area (Å²) >= 11 is 6.12. The van der Waals surface area contributed by atoms with E-state index in [4.69, 9.17) is 11.6 Å². The summed E-state index contributed by atoms with van der Waals surface area (Å²) in [6, 6.07) is 0. The van der Waals surface area contributed by atoms with Crippen molar-refractivity contribution in [2.45, 2.75) is 51.4 Å². The van der Waals surface area contributed by atoms with Gasteiger partial charge in [-0.3, -0.25) is 0 Å². The molecule has 2 aliphatic rings. The molecule has 0 saturated heterocycles. The second-order valence-electron chi connectivity index (χ2n) is 5.62. The SMILES string of the molecule is ClCC1(CNCC2CCCC2)CCCC1. The molecule has 2 fully saturated rings. The van der Waals surface area contributed by atoms with Crippen LogP contribution in [0.2, 0.25) is 0 Å². The van der Waals surface area contributed by atoms with E-state index in [1.165, 1.54) is 57.9 Å². The molecule has 0 atom stereocenters. The fourth-order valence-electron chi connectivity index (χ4n) is 3.24. The summed E-state index contributed by atoms with van der Waals surface area (Å²) in [7, 11) is 0. The predicted octanol–water partition coefficient (Wildman–Crippen LogP) is 3.57. The van der Waals surface area contributed by atoms with Crippen LogP contribution in [0, 0.1) is 11.3 Å². The number of halogens is 1. The van der Waals surface area contributed by atoms with Crippen molar-refractivity contribution >= 4 is 11.6 Å². The van der Waals surface area contributed by atoms with E-state index in [1.54, 1.807) is 0 Å². The molecule has 0 aromatic carbocycles. The van der Waals surface area contributed by atoms with Crippen molar-refractivity contribution in [3.8, 4) is 0 Å². The van der Waals surface area contributed by atoms with Crippen molar-refractivity contribution in [2.75, 3.05) is 19.0 Å². The van der Waals surface area contributed by atoms with Crippen LogP contribution in [0.25, 0.3) is 0 Å². The lowest BCUT2D eigenvalue weighted by Gasteiger charge is -2.27. The molecule has 0 amide bonds. The number of alkyl halides is 1. The van der Waals surface area contributed by atoms with E-state index in [1.807, 2.05) is 0 Å². The molecule has 0 spiro atoms. The zero-order chi connectivity index (χ0) is 10.6. The molecular weight excluding hydrogens is 206 g/mol. The highest BCUT2D eigenvalue weighted by Crippen LogP contribution is 2.38. The zero-order valence-electron chi connectivity index (χ0n) is 9.73. The molecule has 0 unspecified atom stereocenters.